The Morgan fingerprint density at radius 2 is 1.11 bits per heavy atom. The molecule has 136 valence electrons. The molecule has 2 N–H and O–H groups in total. The molecule has 6 nitrogen and oxygen atoms in total. The minimum Gasteiger partial charge on any atom is -0.473 e. The van der Waals surface area contributed by atoms with E-state index in [-0.39, 0.29) is 49.4 Å². The van der Waals surface area contributed by atoms with Gasteiger partial charge in [0.05, 0.1) is 20.4 Å². The number of thioether (sulfide) groups is 2. The Morgan fingerprint density at radius 1 is 0.741 bits per heavy atom. The van der Waals surface area contributed by atoms with Crippen molar-refractivity contribution in [1.82, 2.24) is 9.97 Å². The molecule has 11 heteroatoms. The van der Waals surface area contributed by atoms with E-state index in [0.29, 0.717) is 8.68 Å². The quantitative estimate of drug-likeness (QED) is 0.276. The molecule has 2 aromatic carbocycles. The first-order valence-corrected chi connectivity index (χ1v) is 10.3. The fourth-order valence-electron chi connectivity index (χ4n) is 1.94. The van der Waals surface area contributed by atoms with Gasteiger partial charge in [-0.1, -0.05) is 24.3 Å². The number of hydrogen-bond acceptors (Lipinski definition) is 8. The summed E-state index contributed by atoms with van der Waals surface area (Å²) in [4.78, 5) is 29.1. The van der Waals surface area contributed by atoms with Crippen molar-refractivity contribution >= 4 is 77.2 Å². The van der Waals surface area contributed by atoms with Crippen LogP contribution in [0, 0.1) is 49.4 Å². The van der Waals surface area contributed by atoms with Crippen LogP contribution in [0.1, 0.15) is 0 Å². The van der Waals surface area contributed by atoms with Gasteiger partial charge in [-0.3, -0.25) is 0 Å². The van der Waals surface area contributed by atoms with Gasteiger partial charge in [-0.2, -0.15) is 0 Å². The summed E-state index contributed by atoms with van der Waals surface area (Å²) >= 11 is 4.29. The average molecular weight is 574 g/mol. The average Bonchev–Trinajstić information content (AvgIpc) is 3.16. The molecular weight excluding hydrogens is 564 g/mol. The van der Waals surface area contributed by atoms with E-state index < -0.39 is 10.6 Å². The van der Waals surface area contributed by atoms with E-state index in [1.165, 1.54) is 22.7 Å². The second-order valence-electron chi connectivity index (χ2n) is 4.63. The number of aromatic nitrogens is 2. The third-order valence-electron chi connectivity index (χ3n) is 2.90. The molecular formula is C16H10EuN2O4S4+3. The SMILES string of the molecule is O=C(O)Sc1nc2ccccc2s1.O=C(O)Sc1nc2ccccc2s1.[Eu+3]. The molecule has 2 aromatic heterocycles. The summed E-state index contributed by atoms with van der Waals surface area (Å²) in [5.74, 6) is 0. The number of benzene rings is 2. The second-order valence-corrected chi connectivity index (χ2v) is 9.09. The topological polar surface area (TPSA) is 100 Å². The molecule has 0 fully saturated rings. The predicted molar refractivity (Wildman–Crippen MR) is 107 cm³/mol. The first kappa shape index (κ1) is 22.7. The molecule has 4 rings (SSSR count). The van der Waals surface area contributed by atoms with E-state index in [4.69, 9.17) is 10.2 Å². The van der Waals surface area contributed by atoms with Crippen molar-refractivity contribution in [3.8, 4) is 0 Å². The Bertz CT molecular complexity index is 930. The number of nitrogens with zero attached hydrogens (tertiary/aromatic N) is 2. The van der Waals surface area contributed by atoms with Crippen LogP contribution < -0.4 is 0 Å². The van der Waals surface area contributed by atoms with Gasteiger partial charge in [0.25, 0.3) is 0 Å². The molecule has 4 aromatic rings. The van der Waals surface area contributed by atoms with Gasteiger partial charge in [-0.15, -0.1) is 22.7 Å². The van der Waals surface area contributed by atoms with Gasteiger partial charge in [-0.25, -0.2) is 19.6 Å². The number of hydrogen-bond donors (Lipinski definition) is 2. The Balaban J connectivity index is 0.000000187. The van der Waals surface area contributed by atoms with Gasteiger partial charge >= 0.3 is 60.0 Å². The molecule has 0 aliphatic heterocycles. The van der Waals surface area contributed by atoms with E-state index in [9.17, 15) is 9.59 Å². The number of rotatable bonds is 2. The summed E-state index contributed by atoms with van der Waals surface area (Å²) in [5.41, 5.74) is 1.72. The number of thiazole rings is 2. The molecule has 0 bridgehead atoms. The zero-order valence-corrected chi connectivity index (χ0v) is 18.9. The maximum Gasteiger partial charge on any atom is 3.00 e. The third-order valence-corrected chi connectivity index (χ3v) is 6.44. The minimum absolute atomic E-state index is 0. The van der Waals surface area contributed by atoms with Gasteiger partial charge in [0, 0.05) is 23.5 Å². The molecule has 0 aliphatic carbocycles. The zero-order valence-electron chi connectivity index (χ0n) is 13.2. The van der Waals surface area contributed by atoms with Crippen LogP contribution in [0.4, 0.5) is 9.59 Å². The summed E-state index contributed by atoms with van der Waals surface area (Å²) in [6.45, 7) is 0. The molecule has 0 radical (unpaired) electrons. The second kappa shape index (κ2) is 10.8. The van der Waals surface area contributed by atoms with Gasteiger partial charge in [0.1, 0.15) is 0 Å². The van der Waals surface area contributed by atoms with Crippen LogP contribution in [-0.4, -0.2) is 30.8 Å². The van der Waals surface area contributed by atoms with Gasteiger partial charge in [0.15, 0.2) is 8.68 Å². The zero-order chi connectivity index (χ0) is 18.5. The van der Waals surface area contributed by atoms with Crippen molar-refractivity contribution in [2.24, 2.45) is 0 Å². The van der Waals surface area contributed by atoms with E-state index in [1.54, 1.807) is 0 Å². The van der Waals surface area contributed by atoms with Gasteiger partial charge < -0.3 is 10.2 Å². The molecule has 0 amide bonds. The Labute approximate surface area is 211 Å². The van der Waals surface area contributed by atoms with Crippen LogP contribution >= 0.6 is 46.2 Å². The summed E-state index contributed by atoms with van der Waals surface area (Å²) in [5, 5.41) is 15.2. The van der Waals surface area contributed by atoms with E-state index in [1.807, 2.05) is 48.5 Å². The van der Waals surface area contributed by atoms with Crippen LogP contribution in [0.5, 0.6) is 0 Å². The molecule has 27 heavy (non-hydrogen) atoms. The smallest absolute Gasteiger partial charge is 0.473 e. The van der Waals surface area contributed by atoms with Crippen molar-refractivity contribution in [2.45, 2.75) is 8.68 Å². The maximum atomic E-state index is 10.4. The number of fused-ring (bicyclic) bond motifs is 2. The minimum atomic E-state index is -0.918. The molecule has 0 aliphatic rings. The van der Waals surface area contributed by atoms with Crippen LogP contribution in [0.15, 0.2) is 57.2 Å². The molecule has 0 saturated heterocycles. The molecule has 0 atom stereocenters. The van der Waals surface area contributed by atoms with Crippen LogP contribution in [0.2, 0.25) is 0 Å². The maximum absolute atomic E-state index is 10.4. The first-order valence-electron chi connectivity index (χ1n) is 7.04. The monoisotopic (exact) mass is 575 g/mol. The molecule has 2 heterocycles. The van der Waals surface area contributed by atoms with E-state index in [2.05, 4.69) is 9.97 Å². The Morgan fingerprint density at radius 3 is 1.44 bits per heavy atom. The van der Waals surface area contributed by atoms with Crippen LogP contribution in [0.3, 0.4) is 0 Å². The normalized spacial score (nSPS) is 10.1. The third kappa shape index (κ3) is 6.77. The molecule has 0 saturated carbocycles. The summed E-state index contributed by atoms with van der Waals surface area (Å²) in [6, 6.07) is 15.2. The predicted octanol–water partition coefficient (Wildman–Crippen LogP) is 6.13. The van der Waals surface area contributed by atoms with E-state index >= 15 is 0 Å². The van der Waals surface area contributed by atoms with Crippen molar-refractivity contribution in [3.05, 3.63) is 48.5 Å². The van der Waals surface area contributed by atoms with Gasteiger partial charge in [-0.05, 0) is 24.3 Å². The number of carbonyl (C=O) groups is 2. The van der Waals surface area contributed by atoms with Crippen molar-refractivity contribution < 1.29 is 69.2 Å². The van der Waals surface area contributed by atoms with Crippen molar-refractivity contribution in [3.63, 3.8) is 0 Å². The van der Waals surface area contributed by atoms with Crippen LogP contribution in [0.25, 0.3) is 20.4 Å². The fourth-order valence-corrected chi connectivity index (χ4v) is 5.22. The molecule has 0 spiro atoms. The standard InChI is InChI=1S/2C8H5NO2S2.Eu/c2*10-8(11)13-7-9-5-3-1-2-4-6(5)12-7;/h2*1-4H,(H,10,11);/q;;+3. The first-order chi connectivity index (χ1) is 12.5. The fraction of sp³-hybridized carbons (Fsp3) is 0. The van der Waals surface area contributed by atoms with Crippen molar-refractivity contribution in [2.75, 3.05) is 0 Å². The number of carboxylic acid groups (broad SMARTS) is 2. The Kier molecular flexibility index (Phi) is 9.13. The largest absolute Gasteiger partial charge is 3.00 e. The number of para-hydroxylation sites is 2. The van der Waals surface area contributed by atoms with E-state index in [0.717, 1.165) is 44.0 Å². The molecule has 0 unspecified atom stereocenters. The summed E-state index contributed by atoms with van der Waals surface area (Å²) in [6.07, 6.45) is 0. The van der Waals surface area contributed by atoms with Crippen molar-refractivity contribution in [1.29, 1.82) is 0 Å². The van der Waals surface area contributed by atoms with Crippen LogP contribution in [-0.2, 0) is 0 Å². The Hall–Kier alpha value is -0.556. The van der Waals surface area contributed by atoms with Gasteiger partial charge in [0.2, 0.25) is 0 Å². The summed E-state index contributed by atoms with van der Waals surface area (Å²) in [7, 11) is 0. The summed E-state index contributed by atoms with van der Waals surface area (Å²) < 4.78 is 3.19.